The molecule has 0 aliphatic carbocycles. The van der Waals surface area contributed by atoms with Crippen molar-refractivity contribution in [1.29, 1.82) is 0 Å². The summed E-state index contributed by atoms with van der Waals surface area (Å²) in [5.41, 5.74) is 2.86. The number of hydrogen-bond donors (Lipinski definition) is 1. The third-order valence-electron chi connectivity index (χ3n) is 5.54. The van der Waals surface area contributed by atoms with Crippen LogP contribution >= 0.6 is 15.9 Å². The van der Waals surface area contributed by atoms with E-state index in [-0.39, 0.29) is 18.0 Å². The number of carbonyl (C=O) groups excluding carboxylic acids is 3. The maximum Gasteiger partial charge on any atom is 0.335 e. The van der Waals surface area contributed by atoms with Gasteiger partial charge in [0.05, 0.1) is 17.3 Å². The van der Waals surface area contributed by atoms with Crippen molar-refractivity contribution in [2.75, 3.05) is 12.0 Å². The van der Waals surface area contributed by atoms with E-state index in [1.165, 1.54) is 25.3 Å². The number of nitrogens with zero attached hydrogens (tertiary/aromatic N) is 1. The van der Waals surface area contributed by atoms with E-state index in [4.69, 9.17) is 9.47 Å². The summed E-state index contributed by atoms with van der Waals surface area (Å²) in [6, 6.07) is 13.9. The molecule has 1 saturated heterocycles. The monoisotopic (exact) mass is 552 g/mol. The van der Waals surface area contributed by atoms with E-state index in [1.807, 2.05) is 13.0 Å². The molecule has 0 aromatic heterocycles. The highest BCUT2D eigenvalue weighted by Crippen LogP contribution is 2.38. The zero-order valence-corrected chi connectivity index (χ0v) is 21.3. The van der Waals surface area contributed by atoms with Gasteiger partial charge in [-0.15, -0.1) is 0 Å². The van der Waals surface area contributed by atoms with Gasteiger partial charge in [-0.1, -0.05) is 24.3 Å². The van der Waals surface area contributed by atoms with Crippen LogP contribution in [-0.4, -0.2) is 25.0 Å². The van der Waals surface area contributed by atoms with E-state index >= 15 is 0 Å². The summed E-state index contributed by atoms with van der Waals surface area (Å²) >= 11 is 3.44. The Labute approximate surface area is 215 Å². The molecule has 1 fully saturated rings. The fourth-order valence-corrected chi connectivity index (χ4v) is 4.32. The zero-order valence-electron chi connectivity index (χ0n) is 19.7. The Morgan fingerprint density at radius 2 is 1.83 bits per heavy atom. The summed E-state index contributed by atoms with van der Waals surface area (Å²) in [4.78, 5) is 39.4. The van der Waals surface area contributed by atoms with Crippen molar-refractivity contribution in [3.8, 4) is 11.5 Å². The Kier molecular flexibility index (Phi) is 7.21. The minimum Gasteiger partial charge on any atom is -0.493 e. The summed E-state index contributed by atoms with van der Waals surface area (Å²) in [5, 5.41) is 2.23. The second-order valence-electron chi connectivity index (χ2n) is 8.20. The third kappa shape index (κ3) is 5.16. The summed E-state index contributed by atoms with van der Waals surface area (Å²) in [7, 11) is 1.45. The number of rotatable bonds is 6. The number of hydrogen-bond acceptors (Lipinski definition) is 5. The number of halogens is 2. The van der Waals surface area contributed by atoms with Gasteiger partial charge in [-0.2, -0.15) is 0 Å². The molecule has 7 nitrogen and oxygen atoms in total. The normalized spacial score (nSPS) is 14.8. The van der Waals surface area contributed by atoms with Crippen molar-refractivity contribution in [3.63, 3.8) is 0 Å². The lowest BCUT2D eigenvalue weighted by atomic mass is 10.0. The number of barbiturate groups is 1. The van der Waals surface area contributed by atoms with Gasteiger partial charge in [-0.3, -0.25) is 14.9 Å². The summed E-state index contributed by atoms with van der Waals surface area (Å²) in [6.07, 6.45) is 1.38. The van der Waals surface area contributed by atoms with Gasteiger partial charge in [0.2, 0.25) is 0 Å². The lowest BCUT2D eigenvalue weighted by Crippen LogP contribution is -2.54. The van der Waals surface area contributed by atoms with Crippen molar-refractivity contribution in [1.82, 2.24) is 5.32 Å². The first-order chi connectivity index (χ1) is 17.2. The second kappa shape index (κ2) is 10.3. The van der Waals surface area contributed by atoms with E-state index in [1.54, 1.807) is 43.3 Å². The van der Waals surface area contributed by atoms with Gasteiger partial charge in [-0.05, 0) is 88.4 Å². The standard InChI is InChI=1S/C27H22BrFN2O5/c1-15-7-8-16(2)22(9-15)31-26(33)20(25(32)30-27(31)34)11-18-12-21(28)24(23(13-18)35-3)36-14-17-5-4-6-19(29)10-17/h4-13H,14H2,1-3H3,(H,30,32,34)/b20-11+. The van der Waals surface area contributed by atoms with Gasteiger partial charge < -0.3 is 9.47 Å². The molecule has 0 spiro atoms. The number of carbonyl (C=O) groups is 3. The molecule has 0 radical (unpaired) electrons. The number of amides is 4. The Balaban J connectivity index is 1.66. The third-order valence-corrected chi connectivity index (χ3v) is 6.13. The average molecular weight is 553 g/mol. The van der Waals surface area contributed by atoms with Crippen LogP contribution in [-0.2, 0) is 16.2 Å². The van der Waals surface area contributed by atoms with Crippen LogP contribution in [0.4, 0.5) is 14.9 Å². The highest BCUT2D eigenvalue weighted by Gasteiger charge is 2.37. The molecule has 1 heterocycles. The summed E-state index contributed by atoms with van der Waals surface area (Å²) < 4.78 is 25.3. The molecule has 36 heavy (non-hydrogen) atoms. The maximum atomic E-state index is 13.5. The van der Waals surface area contributed by atoms with Crippen LogP contribution < -0.4 is 19.7 Å². The van der Waals surface area contributed by atoms with Crippen LogP contribution in [0.15, 0.2) is 64.6 Å². The van der Waals surface area contributed by atoms with Crippen LogP contribution in [0.1, 0.15) is 22.3 Å². The number of urea groups is 1. The minimum absolute atomic E-state index is 0.0982. The Morgan fingerprint density at radius 3 is 2.56 bits per heavy atom. The Hall–Kier alpha value is -3.98. The molecule has 9 heteroatoms. The van der Waals surface area contributed by atoms with E-state index in [9.17, 15) is 18.8 Å². The smallest absolute Gasteiger partial charge is 0.335 e. The van der Waals surface area contributed by atoms with Gasteiger partial charge in [0.1, 0.15) is 18.0 Å². The van der Waals surface area contributed by atoms with E-state index < -0.39 is 17.8 Å². The molecular weight excluding hydrogens is 531 g/mol. The highest BCUT2D eigenvalue weighted by atomic mass is 79.9. The first-order valence-electron chi connectivity index (χ1n) is 10.9. The zero-order chi connectivity index (χ0) is 26.0. The van der Waals surface area contributed by atoms with Crippen LogP contribution in [0.2, 0.25) is 0 Å². The molecule has 1 N–H and O–H groups in total. The number of benzene rings is 3. The molecule has 4 amide bonds. The van der Waals surface area contributed by atoms with Crippen molar-refractivity contribution < 1.29 is 28.2 Å². The van der Waals surface area contributed by atoms with Crippen LogP contribution in [0, 0.1) is 19.7 Å². The first kappa shape index (κ1) is 25.1. The van der Waals surface area contributed by atoms with E-state index in [0.29, 0.717) is 38.3 Å². The van der Waals surface area contributed by atoms with Gasteiger partial charge in [0, 0.05) is 0 Å². The fraction of sp³-hybridized carbons (Fsp3) is 0.148. The lowest BCUT2D eigenvalue weighted by molar-refractivity contribution is -0.122. The topological polar surface area (TPSA) is 84.9 Å². The van der Waals surface area contributed by atoms with Crippen molar-refractivity contribution >= 4 is 45.5 Å². The van der Waals surface area contributed by atoms with Crippen molar-refractivity contribution in [2.24, 2.45) is 0 Å². The maximum absolute atomic E-state index is 13.5. The molecule has 4 rings (SSSR count). The van der Waals surface area contributed by atoms with Crippen molar-refractivity contribution in [3.05, 3.63) is 92.7 Å². The van der Waals surface area contributed by atoms with Crippen LogP contribution in [0.3, 0.4) is 0 Å². The first-order valence-corrected chi connectivity index (χ1v) is 11.7. The molecule has 3 aromatic rings. The molecule has 0 saturated carbocycles. The molecule has 0 unspecified atom stereocenters. The molecule has 1 aliphatic heterocycles. The van der Waals surface area contributed by atoms with Crippen LogP contribution in [0.5, 0.6) is 11.5 Å². The minimum atomic E-state index is -0.810. The number of nitrogens with one attached hydrogen (secondary N) is 1. The average Bonchev–Trinajstić information content (AvgIpc) is 2.83. The highest BCUT2D eigenvalue weighted by molar-refractivity contribution is 9.10. The quantitative estimate of drug-likeness (QED) is 0.324. The number of imide groups is 2. The second-order valence-corrected chi connectivity index (χ2v) is 9.05. The van der Waals surface area contributed by atoms with Gasteiger partial charge >= 0.3 is 6.03 Å². The number of methoxy groups -OCH3 is 1. The molecule has 184 valence electrons. The lowest BCUT2D eigenvalue weighted by Gasteiger charge is -2.27. The molecule has 3 aromatic carbocycles. The molecule has 0 atom stereocenters. The largest absolute Gasteiger partial charge is 0.493 e. The predicted octanol–water partition coefficient (Wildman–Crippen LogP) is 5.46. The van der Waals surface area contributed by atoms with Crippen molar-refractivity contribution in [2.45, 2.75) is 20.5 Å². The molecule has 1 aliphatic rings. The Bertz CT molecular complexity index is 1420. The summed E-state index contributed by atoms with van der Waals surface area (Å²) in [6.45, 7) is 3.72. The summed E-state index contributed by atoms with van der Waals surface area (Å²) in [5.74, 6) is -1.20. The molecule has 0 bridgehead atoms. The fourth-order valence-electron chi connectivity index (χ4n) is 3.75. The van der Waals surface area contributed by atoms with Gasteiger partial charge in [-0.25, -0.2) is 14.1 Å². The van der Waals surface area contributed by atoms with Crippen LogP contribution in [0.25, 0.3) is 6.08 Å². The van der Waals surface area contributed by atoms with Gasteiger partial charge in [0.15, 0.2) is 11.5 Å². The number of ether oxygens (including phenoxy) is 2. The number of anilines is 1. The van der Waals surface area contributed by atoms with E-state index in [2.05, 4.69) is 21.2 Å². The SMILES string of the molecule is COc1cc(/C=C2\C(=O)NC(=O)N(c3cc(C)ccc3C)C2=O)cc(Br)c1OCc1cccc(F)c1. The predicted molar refractivity (Wildman–Crippen MR) is 136 cm³/mol. The Morgan fingerprint density at radius 1 is 1.06 bits per heavy atom. The number of aryl methyl sites for hydroxylation is 2. The van der Waals surface area contributed by atoms with Gasteiger partial charge in [0.25, 0.3) is 11.8 Å². The molecular formula is C27H22BrFN2O5. The van der Waals surface area contributed by atoms with E-state index in [0.717, 1.165) is 10.5 Å².